The average molecular weight is 346 g/mol. The molecule has 0 aliphatic rings. The molecule has 122 valence electrons. The van der Waals surface area contributed by atoms with Crippen LogP contribution in [0.25, 0.3) is 0 Å². The molecule has 2 N–H and O–H groups in total. The number of amides is 1. The van der Waals surface area contributed by atoms with Crippen LogP contribution in [0.3, 0.4) is 0 Å². The minimum atomic E-state index is -4.54. The van der Waals surface area contributed by atoms with Gasteiger partial charge >= 0.3 is 12.1 Å². The first-order valence-electron chi connectivity index (χ1n) is 6.09. The molecule has 0 atom stereocenters. The zero-order valence-electron chi connectivity index (χ0n) is 11.4. The van der Waals surface area contributed by atoms with Gasteiger partial charge in [0.15, 0.2) is 0 Å². The number of carbonyl (C=O) groups excluding carboxylic acids is 1. The fourth-order valence-electron chi connectivity index (χ4n) is 1.77. The van der Waals surface area contributed by atoms with Crippen LogP contribution in [0.2, 0.25) is 0 Å². The number of rotatable bonds is 3. The quantitative estimate of drug-likeness (QED) is 0.881. The Balaban J connectivity index is 0.00000264. The number of nitrogens with one attached hydrogen (secondary N) is 1. The van der Waals surface area contributed by atoms with Crippen LogP contribution in [-0.2, 0) is 6.18 Å². The Morgan fingerprint density at radius 2 is 1.57 bits per heavy atom. The van der Waals surface area contributed by atoms with Crippen molar-refractivity contribution in [2.75, 3.05) is 5.32 Å². The van der Waals surface area contributed by atoms with Gasteiger partial charge in [-0.2, -0.15) is 13.2 Å². The first-order valence-corrected chi connectivity index (χ1v) is 6.09. The third-order valence-corrected chi connectivity index (χ3v) is 2.82. The van der Waals surface area contributed by atoms with E-state index in [-0.39, 0.29) is 29.2 Å². The molecular weight excluding hydrogens is 335 g/mol. The smallest absolute Gasteiger partial charge is 0.416 e. The van der Waals surface area contributed by atoms with E-state index < -0.39 is 23.6 Å². The molecule has 1 amide bonds. The van der Waals surface area contributed by atoms with E-state index in [0.717, 1.165) is 18.2 Å². The highest BCUT2D eigenvalue weighted by atomic mass is 35.5. The molecule has 8 heteroatoms. The van der Waals surface area contributed by atoms with Crippen molar-refractivity contribution in [3.8, 4) is 0 Å². The zero-order chi connectivity index (χ0) is 16.3. The number of alkyl halides is 3. The van der Waals surface area contributed by atoms with Crippen LogP contribution < -0.4 is 5.32 Å². The molecule has 0 aliphatic heterocycles. The summed E-state index contributed by atoms with van der Waals surface area (Å²) in [5, 5.41) is 11.2. The van der Waals surface area contributed by atoms with Gasteiger partial charge in [-0.1, -0.05) is 12.1 Å². The molecule has 2 rings (SSSR count). The van der Waals surface area contributed by atoms with Gasteiger partial charge in [-0.15, -0.1) is 12.4 Å². The summed E-state index contributed by atoms with van der Waals surface area (Å²) in [5.74, 6) is -1.93. The lowest BCUT2D eigenvalue weighted by atomic mass is 10.1. The molecule has 0 fully saturated rings. The second-order valence-electron chi connectivity index (χ2n) is 4.42. The van der Waals surface area contributed by atoms with Crippen molar-refractivity contribution < 1.29 is 27.9 Å². The van der Waals surface area contributed by atoms with Gasteiger partial charge in [0.25, 0.3) is 5.91 Å². The molecule has 2 aromatic carbocycles. The summed E-state index contributed by atoms with van der Waals surface area (Å²) in [5.41, 5.74) is -0.959. The fourth-order valence-corrected chi connectivity index (χ4v) is 1.77. The van der Waals surface area contributed by atoms with Crippen LogP contribution in [0.1, 0.15) is 26.3 Å². The van der Waals surface area contributed by atoms with E-state index in [4.69, 9.17) is 5.11 Å². The number of carboxylic acids is 1. The predicted molar refractivity (Wildman–Crippen MR) is 80.0 cm³/mol. The van der Waals surface area contributed by atoms with E-state index in [1.54, 1.807) is 0 Å². The highest BCUT2D eigenvalue weighted by molar-refractivity contribution is 6.04. The Morgan fingerprint density at radius 3 is 2.17 bits per heavy atom. The lowest BCUT2D eigenvalue weighted by molar-refractivity contribution is -0.137. The van der Waals surface area contributed by atoms with Crippen molar-refractivity contribution in [3.63, 3.8) is 0 Å². The topological polar surface area (TPSA) is 66.4 Å². The molecule has 0 saturated heterocycles. The van der Waals surface area contributed by atoms with Crippen molar-refractivity contribution >= 4 is 30.0 Å². The maximum atomic E-state index is 12.6. The normalized spacial score (nSPS) is 10.6. The summed E-state index contributed by atoms with van der Waals surface area (Å²) >= 11 is 0. The summed E-state index contributed by atoms with van der Waals surface area (Å²) < 4.78 is 37.8. The van der Waals surface area contributed by atoms with Crippen molar-refractivity contribution in [1.82, 2.24) is 0 Å². The molecule has 0 aliphatic carbocycles. The lowest BCUT2D eigenvalue weighted by Crippen LogP contribution is -2.14. The van der Waals surface area contributed by atoms with Crippen LogP contribution in [0.15, 0.2) is 48.5 Å². The molecule has 0 spiro atoms. The Kier molecular flexibility index (Phi) is 5.75. The number of aromatic carboxylic acids is 1. The minimum absolute atomic E-state index is 0. The number of carbonyl (C=O) groups is 2. The number of carboxylic acid groups (broad SMARTS) is 1. The molecule has 0 unspecified atom stereocenters. The predicted octanol–water partition coefficient (Wildman–Crippen LogP) is 4.08. The third kappa shape index (κ3) is 4.72. The molecule has 0 bridgehead atoms. The summed E-state index contributed by atoms with van der Waals surface area (Å²) in [6.45, 7) is 0. The standard InChI is InChI=1S/C15H10F3NO3.ClH/c16-15(17,18)11-5-1-3-9(7-11)13(20)19-12-6-2-4-10(8-12)14(21)22;/h1-8H,(H,19,20)(H,21,22);1H. The Morgan fingerprint density at radius 1 is 0.957 bits per heavy atom. The summed E-state index contributed by atoms with van der Waals surface area (Å²) in [6, 6.07) is 9.38. The first-order chi connectivity index (χ1) is 10.3. The molecule has 0 saturated carbocycles. The monoisotopic (exact) mass is 345 g/mol. The molecule has 0 heterocycles. The summed E-state index contributed by atoms with van der Waals surface area (Å²) in [6.07, 6.45) is -4.54. The van der Waals surface area contributed by atoms with Crippen molar-refractivity contribution in [1.29, 1.82) is 0 Å². The van der Waals surface area contributed by atoms with Crippen LogP contribution in [0, 0.1) is 0 Å². The van der Waals surface area contributed by atoms with Gasteiger partial charge in [0.05, 0.1) is 11.1 Å². The van der Waals surface area contributed by atoms with Crippen molar-refractivity contribution in [2.24, 2.45) is 0 Å². The number of benzene rings is 2. The van der Waals surface area contributed by atoms with Gasteiger partial charge in [0, 0.05) is 11.3 Å². The fraction of sp³-hybridized carbons (Fsp3) is 0.0667. The lowest BCUT2D eigenvalue weighted by Gasteiger charge is -2.09. The van der Waals surface area contributed by atoms with E-state index in [2.05, 4.69) is 5.32 Å². The highest BCUT2D eigenvalue weighted by Crippen LogP contribution is 2.29. The molecule has 4 nitrogen and oxygen atoms in total. The molecule has 23 heavy (non-hydrogen) atoms. The van der Waals surface area contributed by atoms with E-state index >= 15 is 0 Å². The molecule has 2 aromatic rings. The summed E-state index contributed by atoms with van der Waals surface area (Å²) in [7, 11) is 0. The van der Waals surface area contributed by atoms with E-state index in [0.29, 0.717) is 0 Å². The van der Waals surface area contributed by atoms with Crippen LogP contribution >= 0.6 is 12.4 Å². The number of halogens is 4. The van der Waals surface area contributed by atoms with Gasteiger partial charge < -0.3 is 10.4 Å². The maximum absolute atomic E-state index is 12.6. The molecule has 0 radical (unpaired) electrons. The van der Waals surface area contributed by atoms with E-state index in [1.807, 2.05) is 0 Å². The highest BCUT2D eigenvalue weighted by Gasteiger charge is 2.30. The Bertz CT molecular complexity index is 732. The van der Waals surface area contributed by atoms with Gasteiger partial charge in [0.1, 0.15) is 0 Å². The van der Waals surface area contributed by atoms with Crippen LogP contribution in [0.4, 0.5) is 18.9 Å². The van der Waals surface area contributed by atoms with Crippen molar-refractivity contribution in [3.05, 3.63) is 65.2 Å². The number of hydrogen-bond donors (Lipinski definition) is 2. The SMILES string of the molecule is Cl.O=C(O)c1cccc(NC(=O)c2cccc(C(F)(F)F)c2)c1. The zero-order valence-corrected chi connectivity index (χ0v) is 12.2. The maximum Gasteiger partial charge on any atom is 0.416 e. The van der Waals surface area contributed by atoms with Gasteiger partial charge in [-0.3, -0.25) is 4.79 Å². The molecule has 0 aromatic heterocycles. The number of anilines is 1. The first kappa shape index (κ1) is 18.5. The third-order valence-electron chi connectivity index (χ3n) is 2.82. The Labute approximate surface area is 135 Å². The van der Waals surface area contributed by atoms with Crippen LogP contribution in [0.5, 0.6) is 0 Å². The number of hydrogen-bond acceptors (Lipinski definition) is 2. The second-order valence-corrected chi connectivity index (χ2v) is 4.42. The molecular formula is C15H11ClF3NO3. The largest absolute Gasteiger partial charge is 0.478 e. The average Bonchev–Trinajstić information content (AvgIpc) is 2.46. The van der Waals surface area contributed by atoms with Gasteiger partial charge in [-0.25, -0.2) is 4.79 Å². The Hall–Kier alpha value is -2.54. The van der Waals surface area contributed by atoms with Gasteiger partial charge in [0.2, 0.25) is 0 Å². The summed E-state index contributed by atoms with van der Waals surface area (Å²) in [4.78, 5) is 22.8. The van der Waals surface area contributed by atoms with E-state index in [1.165, 1.54) is 30.3 Å². The minimum Gasteiger partial charge on any atom is -0.478 e. The van der Waals surface area contributed by atoms with Crippen LogP contribution in [-0.4, -0.2) is 17.0 Å². The van der Waals surface area contributed by atoms with E-state index in [9.17, 15) is 22.8 Å². The van der Waals surface area contributed by atoms with Gasteiger partial charge in [-0.05, 0) is 36.4 Å². The van der Waals surface area contributed by atoms with Crippen molar-refractivity contribution in [2.45, 2.75) is 6.18 Å². The second kappa shape index (κ2) is 7.15.